The predicted molar refractivity (Wildman–Crippen MR) is 74.7 cm³/mol. The van der Waals surface area contributed by atoms with Crippen molar-refractivity contribution in [1.82, 2.24) is 5.32 Å². The monoisotopic (exact) mass is 309 g/mol. The summed E-state index contributed by atoms with van der Waals surface area (Å²) in [5.74, 6) is 1.13. The van der Waals surface area contributed by atoms with Crippen LogP contribution in [0.5, 0.6) is 0 Å². The average Bonchev–Trinajstić information content (AvgIpc) is 2.87. The van der Waals surface area contributed by atoms with Gasteiger partial charge < -0.3 is 16.0 Å². The van der Waals surface area contributed by atoms with Crippen molar-refractivity contribution in [3.8, 4) is 0 Å². The summed E-state index contributed by atoms with van der Waals surface area (Å²) in [5.41, 5.74) is 7.01. The molecule has 0 radical (unpaired) electrons. The molecule has 3 N–H and O–H groups in total. The first-order valence-corrected chi connectivity index (χ1v) is 6.99. The molecule has 0 saturated carbocycles. The van der Waals surface area contributed by atoms with Crippen molar-refractivity contribution in [3.63, 3.8) is 0 Å². The van der Waals surface area contributed by atoms with Crippen LogP contribution >= 0.6 is 15.9 Å². The molecule has 1 amide bonds. The zero-order chi connectivity index (χ0) is 12.7. The van der Waals surface area contributed by atoms with E-state index in [0.29, 0.717) is 5.56 Å². The number of hydrogen-bond donors (Lipinski definition) is 2. The summed E-state index contributed by atoms with van der Waals surface area (Å²) in [6.07, 6.45) is 0. The molecule has 96 valence electrons. The molecule has 1 aromatic carbocycles. The number of hydrogen-bond acceptors (Lipinski definition) is 3. The van der Waals surface area contributed by atoms with Crippen molar-refractivity contribution in [1.29, 1.82) is 0 Å². The van der Waals surface area contributed by atoms with Gasteiger partial charge in [0, 0.05) is 36.3 Å². The molecule has 2 fully saturated rings. The number of carbonyl (C=O) groups is 1. The standard InChI is InChI=1S/C13H16BrN3O/c14-12-3-10(1-2-11(12)13(15)18)17-6-8-4-16-5-9(8)7-17/h1-3,8-9,16H,4-7H2,(H2,15,18). The fraction of sp³-hybridized carbons (Fsp3) is 0.462. The van der Waals surface area contributed by atoms with E-state index < -0.39 is 5.91 Å². The first-order chi connectivity index (χ1) is 8.65. The number of benzene rings is 1. The number of nitrogens with one attached hydrogen (secondary N) is 1. The van der Waals surface area contributed by atoms with E-state index in [1.165, 1.54) is 5.69 Å². The minimum atomic E-state index is -0.393. The summed E-state index contributed by atoms with van der Waals surface area (Å²) < 4.78 is 0.780. The van der Waals surface area contributed by atoms with Crippen LogP contribution in [0.25, 0.3) is 0 Å². The number of nitrogens with zero attached hydrogens (tertiary/aromatic N) is 1. The average molecular weight is 310 g/mol. The number of halogens is 1. The minimum absolute atomic E-state index is 0.393. The Bertz CT molecular complexity index is 479. The van der Waals surface area contributed by atoms with Crippen LogP contribution in [0.2, 0.25) is 0 Å². The topological polar surface area (TPSA) is 58.4 Å². The molecule has 0 bridgehead atoms. The molecule has 2 atom stereocenters. The van der Waals surface area contributed by atoms with Crippen LogP contribution in [-0.4, -0.2) is 32.1 Å². The number of nitrogens with two attached hydrogens (primary N) is 1. The van der Waals surface area contributed by atoms with Crippen LogP contribution in [-0.2, 0) is 0 Å². The fourth-order valence-electron chi connectivity index (χ4n) is 2.97. The second-order valence-corrected chi connectivity index (χ2v) is 5.97. The van der Waals surface area contributed by atoms with E-state index in [-0.39, 0.29) is 0 Å². The second kappa shape index (κ2) is 4.55. The van der Waals surface area contributed by atoms with Crippen LogP contribution in [0.4, 0.5) is 5.69 Å². The van der Waals surface area contributed by atoms with E-state index in [2.05, 4.69) is 26.1 Å². The summed E-state index contributed by atoms with van der Waals surface area (Å²) >= 11 is 3.42. The lowest BCUT2D eigenvalue weighted by Gasteiger charge is -2.20. The summed E-state index contributed by atoms with van der Waals surface area (Å²) in [7, 11) is 0. The van der Waals surface area contributed by atoms with E-state index in [1.54, 1.807) is 6.07 Å². The SMILES string of the molecule is NC(=O)c1ccc(N2CC3CNCC3C2)cc1Br. The molecule has 0 aliphatic carbocycles. The van der Waals surface area contributed by atoms with Crippen molar-refractivity contribution in [3.05, 3.63) is 28.2 Å². The maximum absolute atomic E-state index is 11.2. The molecule has 2 aliphatic heterocycles. The van der Waals surface area contributed by atoms with Crippen molar-refractivity contribution in [2.45, 2.75) is 0 Å². The second-order valence-electron chi connectivity index (χ2n) is 5.11. The lowest BCUT2D eigenvalue weighted by atomic mass is 10.0. The number of amides is 1. The van der Waals surface area contributed by atoms with E-state index >= 15 is 0 Å². The van der Waals surface area contributed by atoms with Gasteiger partial charge in [0.05, 0.1) is 5.56 Å². The number of primary amides is 1. The molecule has 3 rings (SSSR count). The van der Waals surface area contributed by atoms with Gasteiger partial charge in [-0.1, -0.05) is 0 Å². The molecule has 0 spiro atoms. The van der Waals surface area contributed by atoms with E-state index in [0.717, 1.165) is 42.5 Å². The lowest BCUT2D eigenvalue weighted by molar-refractivity contribution is 0.0999. The van der Waals surface area contributed by atoms with Gasteiger partial charge in [-0.05, 0) is 46.0 Å². The Labute approximate surface area is 115 Å². The highest BCUT2D eigenvalue weighted by Crippen LogP contribution is 2.32. The number of anilines is 1. The molecule has 2 saturated heterocycles. The number of carbonyl (C=O) groups excluding carboxylic acids is 1. The minimum Gasteiger partial charge on any atom is -0.371 e. The maximum Gasteiger partial charge on any atom is 0.249 e. The zero-order valence-corrected chi connectivity index (χ0v) is 11.6. The van der Waals surface area contributed by atoms with Crippen molar-refractivity contribution in [2.75, 3.05) is 31.1 Å². The highest BCUT2D eigenvalue weighted by molar-refractivity contribution is 9.10. The fourth-order valence-corrected chi connectivity index (χ4v) is 3.53. The third kappa shape index (κ3) is 2.01. The van der Waals surface area contributed by atoms with Gasteiger partial charge in [0.2, 0.25) is 5.91 Å². The molecule has 0 aromatic heterocycles. The highest BCUT2D eigenvalue weighted by Gasteiger charge is 2.36. The van der Waals surface area contributed by atoms with E-state index in [4.69, 9.17) is 5.73 Å². The Morgan fingerprint density at radius 1 is 1.33 bits per heavy atom. The van der Waals surface area contributed by atoms with Crippen LogP contribution in [0, 0.1) is 11.8 Å². The van der Waals surface area contributed by atoms with Crippen molar-refractivity contribution < 1.29 is 4.79 Å². The van der Waals surface area contributed by atoms with Gasteiger partial charge in [0.1, 0.15) is 0 Å². The predicted octanol–water partition coefficient (Wildman–Crippen LogP) is 1.20. The van der Waals surface area contributed by atoms with E-state index in [1.807, 2.05) is 12.1 Å². The largest absolute Gasteiger partial charge is 0.371 e. The number of rotatable bonds is 2. The van der Waals surface area contributed by atoms with Crippen molar-refractivity contribution >= 4 is 27.5 Å². The Hall–Kier alpha value is -1.07. The van der Waals surface area contributed by atoms with Crippen molar-refractivity contribution in [2.24, 2.45) is 17.6 Å². The Morgan fingerprint density at radius 2 is 2.00 bits per heavy atom. The van der Waals surface area contributed by atoms with Crippen LogP contribution < -0.4 is 16.0 Å². The molecule has 18 heavy (non-hydrogen) atoms. The smallest absolute Gasteiger partial charge is 0.249 e. The van der Waals surface area contributed by atoms with Crippen LogP contribution in [0.15, 0.2) is 22.7 Å². The van der Waals surface area contributed by atoms with Crippen LogP contribution in [0.3, 0.4) is 0 Å². The summed E-state index contributed by atoms with van der Waals surface area (Å²) in [5, 5.41) is 3.43. The highest BCUT2D eigenvalue weighted by atomic mass is 79.9. The molecule has 5 heteroatoms. The lowest BCUT2D eigenvalue weighted by Crippen LogP contribution is -2.25. The molecule has 2 unspecified atom stereocenters. The first kappa shape index (κ1) is 12.0. The normalized spacial score (nSPS) is 26.4. The Balaban J connectivity index is 1.81. The summed E-state index contributed by atoms with van der Waals surface area (Å²) in [6, 6.07) is 5.78. The molecular formula is C13H16BrN3O. The molecule has 1 aromatic rings. The Kier molecular flexibility index (Phi) is 3.03. The van der Waals surface area contributed by atoms with Gasteiger partial charge in [-0.25, -0.2) is 0 Å². The van der Waals surface area contributed by atoms with Crippen LogP contribution in [0.1, 0.15) is 10.4 Å². The van der Waals surface area contributed by atoms with Gasteiger partial charge in [-0.2, -0.15) is 0 Å². The molecular weight excluding hydrogens is 294 g/mol. The first-order valence-electron chi connectivity index (χ1n) is 6.20. The third-order valence-electron chi connectivity index (χ3n) is 3.97. The van der Waals surface area contributed by atoms with Gasteiger partial charge in [-0.3, -0.25) is 4.79 Å². The van der Waals surface area contributed by atoms with Gasteiger partial charge >= 0.3 is 0 Å². The third-order valence-corrected chi connectivity index (χ3v) is 4.63. The van der Waals surface area contributed by atoms with E-state index in [9.17, 15) is 4.79 Å². The molecule has 2 aliphatic rings. The summed E-state index contributed by atoms with van der Waals surface area (Å²) in [6.45, 7) is 4.45. The number of fused-ring (bicyclic) bond motifs is 1. The zero-order valence-electron chi connectivity index (χ0n) is 10.0. The molecule has 4 nitrogen and oxygen atoms in total. The molecule has 2 heterocycles. The van der Waals surface area contributed by atoms with Gasteiger partial charge in [0.15, 0.2) is 0 Å². The van der Waals surface area contributed by atoms with Gasteiger partial charge in [0.25, 0.3) is 0 Å². The summed E-state index contributed by atoms with van der Waals surface area (Å²) in [4.78, 5) is 13.6. The maximum atomic E-state index is 11.2. The Morgan fingerprint density at radius 3 is 2.56 bits per heavy atom. The quantitative estimate of drug-likeness (QED) is 0.863. The van der Waals surface area contributed by atoms with Gasteiger partial charge in [-0.15, -0.1) is 0 Å².